The summed E-state index contributed by atoms with van der Waals surface area (Å²) in [5.41, 5.74) is 0. The van der Waals surface area contributed by atoms with E-state index in [1.807, 2.05) is 6.92 Å². The number of nitrogens with one attached hydrogen (secondary N) is 2. The van der Waals surface area contributed by atoms with Gasteiger partial charge in [-0.3, -0.25) is 19.3 Å². The molecule has 0 aromatic carbocycles. The number of aliphatic hydroxyl groups is 1. The second kappa shape index (κ2) is 12.0. The van der Waals surface area contributed by atoms with Crippen LogP contribution in [0.25, 0.3) is 0 Å². The second-order valence-electron chi connectivity index (χ2n) is 10.9. The van der Waals surface area contributed by atoms with Crippen LogP contribution in [0.15, 0.2) is 0 Å². The molecule has 1 spiro atoms. The number of likely N-dealkylation sites (tertiary alicyclic amines) is 1. The first-order valence-electron chi connectivity index (χ1n) is 13.8. The SMILES string of the molecule is CCCNC(=O)[C@@H]1[C@H]2C(=O)N(CCCCCCO)C(C(=O)NCCN3CCOCC3)C23CC[C@@]1(C)S3. The first-order valence-corrected chi connectivity index (χ1v) is 14.7. The molecule has 5 atom stereocenters. The van der Waals surface area contributed by atoms with Gasteiger partial charge in [-0.1, -0.05) is 19.8 Å². The van der Waals surface area contributed by atoms with Crippen LogP contribution < -0.4 is 10.6 Å². The van der Waals surface area contributed by atoms with E-state index in [1.54, 1.807) is 16.7 Å². The van der Waals surface area contributed by atoms with Crippen LogP contribution in [0.2, 0.25) is 0 Å². The molecule has 0 aromatic heterocycles. The number of unbranched alkanes of at least 4 members (excludes halogenated alkanes) is 3. The van der Waals surface area contributed by atoms with Gasteiger partial charge in [-0.25, -0.2) is 0 Å². The summed E-state index contributed by atoms with van der Waals surface area (Å²) in [6.07, 6.45) is 5.82. The third-order valence-electron chi connectivity index (χ3n) is 8.49. The zero-order valence-electron chi connectivity index (χ0n) is 21.9. The number of hydrogen-bond donors (Lipinski definition) is 3. The lowest BCUT2D eigenvalue weighted by atomic mass is 9.66. The van der Waals surface area contributed by atoms with Gasteiger partial charge < -0.3 is 25.4 Å². The molecule has 4 fully saturated rings. The third-order valence-corrected chi connectivity index (χ3v) is 10.5. The maximum atomic E-state index is 13.9. The molecule has 0 saturated carbocycles. The van der Waals surface area contributed by atoms with Gasteiger partial charge in [0.2, 0.25) is 17.7 Å². The van der Waals surface area contributed by atoms with Crippen LogP contribution in [-0.2, 0) is 19.1 Å². The molecule has 204 valence electrons. The first kappa shape index (κ1) is 27.7. The Morgan fingerprint density at radius 1 is 1.06 bits per heavy atom. The highest BCUT2D eigenvalue weighted by molar-refractivity contribution is 8.02. The van der Waals surface area contributed by atoms with Crippen molar-refractivity contribution in [3.8, 4) is 0 Å². The molecule has 0 radical (unpaired) electrons. The van der Waals surface area contributed by atoms with Crippen molar-refractivity contribution in [1.82, 2.24) is 20.4 Å². The predicted molar refractivity (Wildman–Crippen MR) is 140 cm³/mol. The lowest BCUT2D eigenvalue weighted by Gasteiger charge is -2.35. The highest BCUT2D eigenvalue weighted by Gasteiger charge is 2.76. The van der Waals surface area contributed by atoms with Crippen LogP contribution in [0.5, 0.6) is 0 Å². The fourth-order valence-corrected chi connectivity index (χ4v) is 9.09. The molecule has 10 heteroatoms. The summed E-state index contributed by atoms with van der Waals surface area (Å²) < 4.78 is 4.55. The number of thioether (sulfide) groups is 1. The van der Waals surface area contributed by atoms with Gasteiger partial charge in [0.1, 0.15) is 6.04 Å². The number of carbonyl (C=O) groups excluding carboxylic acids is 3. The molecule has 2 bridgehead atoms. The standard InChI is InChI=1S/C26H44N4O5S/c1-3-10-27-22(32)19-20-24(34)30(12-6-4-5-7-16-31)21(26(20)9-8-25(19,2)36-26)23(33)28-11-13-29-14-17-35-18-15-29/h19-21,31H,3-18H2,1-2H3,(H,27,32)(H,28,33)/t19-,20-,21?,25+,26?/m0/s1. The van der Waals surface area contributed by atoms with Crippen LogP contribution in [-0.4, -0.2) is 107 Å². The number of amides is 3. The van der Waals surface area contributed by atoms with Crippen LogP contribution in [0.4, 0.5) is 0 Å². The summed E-state index contributed by atoms with van der Waals surface area (Å²) in [6, 6.07) is -0.548. The number of fused-ring (bicyclic) bond motifs is 1. The van der Waals surface area contributed by atoms with E-state index < -0.39 is 22.6 Å². The minimum Gasteiger partial charge on any atom is -0.396 e. The highest BCUT2D eigenvalue weighted by atomic mass is 32.2. The molecule has 9 nitrogen and oxygen atoms in total. The largest absolute Gasteiger partial charge is 0.396 e. The topological polar surface area (TPSA) is 111 Å². The molecule has 3 N–H and O–H groups in total. The quantitative estimate of drug-likeness (QED) is 0.308. The zero-order chi connectivity index (χ0) is 25.8. The predicted octanol–water partition coefficient (Wildman–Crippen LogP) is 0.995. The van der Waals surface area contributed by atoms with Crippen molar-refractivity contribution in [2.45, 2.75) is 74.3 Å². The fraction of sp³-hybridized carbons (Fsp3) is 0.885. The zero-order valence-corrected chi connectivity index (χ0v) is 22.7. The molecule has 36 heavy (non-hydrogen) atoms. The number of rotatable bonds is 13. The number of ether oxygens (including phenoxy) is 1. The van der Waals surface area contributed by atoms with Crippen molar-refractivity contribution in [2.24, 2.45) is 11.8 Å². The van der Waals surface area contributed by atoms with Gasteiger partial charge in [0.15, 0.2) is 0 Å². The van der Waals surface area contributed by atoms with Crippen molar-refractivity contribution in [3.05, 3.63) is 0 Å². The van der Waals surface area contributed by atoms with Crippen LogP contribution >= 0.6 is 11.8 Å². The molecule has 0 aromatic rings. The van der Waals surface area contributed by atoms with E-state index in [-0.39, 0.29) is 29.1 Å². The average molecular weight is 525 g/mol. The molecule has 4 rings (SSSR count). The van der Waals surface area contributed by atoms with Crippen molar-refractivity contribution < 1.29 is 24.2 Å². The lowest BCUT2D eigenvalue weighted by molar-refractivity contribution is -0.140. The number of hydrogen-bond acceptors (Lipinski definition) is 7. The monoisotopic (exact) mass is 524 g/mol. The normalized spacial score (nSPS) is 33.7. The molecule has 0 aliphatic carbocycles. The average Bonchev–Trinajstić information content (AvgIpc) is 3.44. The van der Waals surface area contributed by atoms with E-state index in [4.69, 9.17) is 9.84 Å². The van der Waals surface area contributed by atoms with Gasteiger partial charge in [0.25, 0.3) is 0 Å². The Labute approximate surface area is 219 Å². The Balaban J connectivity index is 1.51. The van der Waals surface area contributed by atoms with Gasteiger partial charge in [0.05, 0.1) is 29.8 Å². The minimum atomic E-state index is -0.548. The Hall–Kier alpha value is -1.36. The Bertz CT molecular complexity index is 809. The van der Waals surface area contributed by atoms with E-state index in [2.05, 4.69) is 22.5 Å². The minimum absolute atomic E-state index is 0.0296. The van der Waals surface area contributed by atoms with E-state index in [0.29, 0.717) is 19.6 Å². The third kappa shape index (κ3) is 5.28. The summed E-state index contributed by atoms with van der Waals surface area (Å²) in [7, 11) is 0. The summed E-state index contributed by atoms with van der Waals surface area (Å²) in [5, 5.41) is 15.3. The summed E-state index contributed by atoms with van der Waals surface area (Å²) in [4.78, 5) is 45.1. The maximum absolute atomic E-state index is 13.9. The molecular formula is C26H44N4O5S. The molecular weight excluding hydrogens is 480 g/mol. The van der Waals surface area contributed by atoms with Gasteiger partial charge in [-0.2, -0.15) is 0 Å². The molecule has 4 heterocycles. The Morgan fingerprint density at radius 2 is 1.78 bits per heavy atom. The lowest BCUT2D eigenvalue weighted by Crippen LogP contribution is -2.55. The van der Waals surface area contributed by atoms with Crippen molar-refractivity contribution in [3.63, 3.8) is 0 Å². The van der Waals surface area contributed by atoms with Crippen LogP contribution in [0.1, 0.15) is 58.8 Å². The number of nitrogens with zero attached hydrogens (tertiary/aromatic N) is 2. The molecule has 4 aliphatic heterocycles. The van der Waals surface area contributed by atoms with Gasteiger partial charge in [0, 0.05) is 50.6 Å². The van der Waals surface area contributed by atoms with Gasteiger partial charge in [-0.05, 0) is 39.0 Å². The number of aliphatic hydroxyl groups excluding tert-OH is 1. The Morgan fingerprint density at radius 3 is 2.50 bits per heavy atom. The molecule has 3 amide bonds. The molecule has 2 unspecified atom stereocenters. The van der Waals surface area contributed by atoms with Crippen molar-refractivity contribution in [1.29, 1.82) is 0 Å². The Kier molecular flexibility index (Phi) is 9.23. The first-order chi connectivity index (χ1) is 17.4. The van der Waals surface area contributed by atoms with Crippen LogP contribution in [0.3, 0.4) is 0 Å². The van der Waals surface area contributed by atoms with Crippen LogP contribution in [0, 0.1) is 11.8 Å². The number of morpholine rings is 1. The second-order valence-corrected chi connectivity index (χ2v) is 12.8. The van der Waals surface area contributed by atoms with Crippen molar-refractivity contribution >= 4 is 29.5 Å². The van der Waals surface area contributed by atoms with Gasteiger partial charge in [-0.15, -0.1) is 11.8 Å². The molecule has 4 saturated heterocycles. The summed E-state index contributed by atoms with van der Waals surface area (Å²) in [6.45, 7) is 9.90. The van der Waals surface area contributed by atoms with Gasteiger partial charge >= 0.3 is 0 Å². The van der Waals surface area contributed by atoms with E-state index >= 15 is 0 Å². The maximum Gasteiger partial charge on any atom is 0.244 e. The summed E-state index contributed by atoms with van der Waals surface area (Å²) >= 11 is 1.73. The smallest absolute Gasteiger partial charge is 0.244 e. The van der Waals surface area contributed by atoms with E-state index in [1.165, 1.54) is 0 Å². The van der Waals surface area contributed by atoms with E-state index in [0.717, 1.165) is 77.8 Å². The fourth-order valence-electron chi connectivity index (χ4n) is 6.73. The number of carbonyl (C=O) groups is 3. The highest BCUT2D eigenvalue weighted by Crippen LogP contribution is 2.71. The van der Waals surface area contributed by atoms with Crippen molar-refractivity contribution in [2.75, 3.05) is 59.1 Å². The molecule has 4 aliphatic rings. The summed E-state index contributed by atoms with van der Waals surface area (Å²) in [5.74, 6) is -1.01. The van der Waals surface area contributed by atoms with E-state index in [9.17, 15) is 14.4 Å².